The van der Waals surface area contributed by atoms with Gasteiger partial charge in [-0.15, -0.1) is 0 Å². The molecule has 0 aliphatic rings. The van der Waals surface area contributed by atoms with Crippen LogP contribution in [0.1, 0.15) is 13.3 Å². The summed E-state index contributed by atoms with van der Waals surface area (Å²) in [6.07, 6.45) is 0.163. The summed E-state index contributed by atoms with van der Waals surface area (Å²) in [5.74, 6) is 0. The van der Waals surface area contributed by atoms with Crippen molar-refractivity contribution in [3.8, 4) is 6.07 Å². The maximum absolute atomic E-state index is 9.60. The molecule has 1 N–H and O–H groups in total. The predicted molar refractivity (Wildman–Crippen MR) is 38.9 cm³/mol. The van der Waals surface area contributed by atoms with Gasteiger partial charge in [-0.2, -0.15) is 5.26 Å². The Morgan fingerprint density at radius 3 is 2.00 bits per heavy atom. The molecule has 0 fully saturated rings. The zero-order chi connectivity index (χ0) is 8.41. The van der Waals surface area contributed by atoms with Gasteiger partial charge in [0.05, 0.1) is 27.2 Å². The quantitative estimate of drug-likeness (QED) is 0.447. The number of rotatable bonds is 2. The zero-order valence-electron chi connectivity index (χ0n) is 7.05. The fraction of sp³-hybridized carbons (Fsp3) is 0.857. The Bertz CT molecular complexity index is 150. The third kappa shape index (κ3) is 1.98. The summed E-state index contributed by atoms with van der Waals surface area (Å²) < 4.78 is 0.389. The summed E-state index contributed by atoms with van der Waals surface area (Å²) in [7, 11) is 5.58. The standard InChI is InChI=1S/C7H15N2O/c1-7(10,5-6-8)9(2,3)4/h10H,5H2,1-4H3/q+1/t7-/m0/s1. The minimum Gasteiger partial charge on any atom is -0.342 e. The van der Waals surface area contributed by atoms with Gasteiger partial charge in [0.25, 0.3) is 0 Å². The maximum Gasteiger partial charge on any atom is 0.210 e. The molecular weight excluding hydrogens is 128 g/mol. The normalized spacial score (nSPS) is 17.6. The van der Waals surface area contributed by atoms with E-state index in [1.54, 1.807) is 6.92 Å². The molecule has 10 heavy (non-hydrogen) atoms. The monoisotopic (exact) mass is 143 g/mol. The average molecular weight is 143 g/mol. The van der Waals surface area contributed by atoms with Crippen molar-refractivity contribution < 1.29 is 9.59 Å². The van der Waals surface area contributed by atoms with Crippen LogP contribution in [0.4, 0.5) is 0 Å². The van der Waals surface area contributed by atoms with Crippen molar-refractivity contribution in [1.82, 2.24) is 0 Å². The second-order valence-electron chi connectivity index (χ2n) is 3.56. The minimum absolute atomic E-state index is 0.163. The van der Waals surface area contributed by atoms with E-state index < -0.39 is 5.72 Å². The van der Waals surface area contributed by atoms with Crippen molar-refractivity contribution >= 4 is 0 Å². The largest absolute Gasteiger partial charge is 0.342 e. The molecule has 0 saturated heterocycles. The lowest BCUT2D eigenvalue weighted by molar-refractivity contribution is -0.947. The molecule has 0 heterocycles. The average Bonchev–Trinajstić information content (AvgIpc) is 1.61. The third-order valence-corrected chi connectivity index (χ3v) is 1.86. The number of nitriles is 1. The van der Waals surface area contributed by atoms with E-state index in [-0.39, 0.29) is 6.42 Å². The molecule has 3 heteroatoms. The second kappa shape index (κ2) is 2.57. The van der Waals surface area contributed by atoms with E-state index >= 15 is 0 Å². The van der Waals surface area contributed by atoms with Crippen LogP contribution in [0.25, 0.3) is 0 Å². The minimum atomic E-state index is -0.936. The summed E-state index contributed by atoms with van der Waals surface area (Å²) in [6, 6.07) is 1.95. The Hall–Kier alpha value is -0.590. The lowest BCUT2D eigenvalue weighted by atomic mass is 10.1. The molecule has 0 aliphatic carbocycles. The highest BCUT2D eigenvalue weighted by Gasteiger charge is 2.34. The highest BCUT2D eigenvalue weighted by molar-refractivity contribution is 4.78. The van der Waals surface area contributed by atoms with Crippen molar-refractivity contribution in [3.05, 3.63) is 0 Å². The molecule has 0 aliphatic heterocycles. The van der Waals surface area contributed by atoms with Gasteiger partial charge in [0.15, 0.2) is 0 Å². The Balaban J connectivity index is 4.28. The van der Waals surface area contributed by atoms with Crippen LogP contribution >= 0.6 is 0 Å². The molecule has 0 aromatic rings. The Morgan fingerprint density at radius 2 is 1.90 bits per heavy atom. The van der Waals surface area contributed by atoms with Crippen molar-refractivity contribution in [2.45, 2.75) is 19.1 Å². The van der Waals surface area contributed by atoms with Crippen molar-refractivity contribution in [1.29, 1.82) is 5.26 Å². The smallest absolute Gasteiger partial charge is 0.210 e. The van der Waals surface area contributed by atoms with Gasteiger partial charge < -0.3 is 9.59 Å². The third-order valence-electron chi connectivity index (χ3n) is 1.86. The fourth-order valence-corrected chi connectivity index (χ4v) is 0.387. The van der Waals surface area contributed by atoms with Crippen LogP contribution in [0.3, 0.4) is 0 Å². The van der Waals surface area contributed by atoms with Crippen molar-refractivity contribution in [3.63, 3.8) is 0 Å². The lowest BCUT2D eigenvalue weighted by Gasteiger charge is -2.37. The molecule has 0 aromatic carbocycles. The summed E-state index contributed by atoms with van der Waals surface area (Å²) in [4.78, 5) is 0. The van der Waals surface area contributed by atoms with E-state index in [9.17, 15) is 5.11 Å². The van der Waals surface area contributed by atoms with Gasteiger partial charge in [-0.1, -0.05) is 0 Å². The predicted octanol–water partition coefficient (Wildman–Crippen LogP) is 0.315. The van der Waals surface area contributed by atoms with Crippen LogP contribution in [0.15, 0.2) is 0 Å². The number of hydrogen-bond acceptors (Lipinski definition) is 2. The highest BCUT2D eigenvalue weighted by Crippen LogP contribution is 2.17. The Labute approximate surface area is 62.1 Å². The molecule has 58 valence electrons. The fourth-order valence-electron chi connectivity index (χ4n) is 0.387. The van der Waals surface area contributed by atoms with E-state index in [1.807, 2.05) is 27.2 Å². The summed E-state index contributed by atoms with van der Waals surface area (Å²) in [5.41, 5.74) is -0.936. The van der Waals surface area contributed by atoms with E-state index in [0.29, 0.717) is 4.48 Å². The molecule has 0 rings (SSSR count). The van der Waals surface area contributed by atoms with Gasteiger partial charge in [-0.3, -0.25) is 0 Å². The van der Waals surface area contributed by atoms with Crippen LogP contribution in [0, 0.1) is 11.3 Å². The zero-order valence-corrected chi connectivity index (χ0v) is 7.05. The molecule has 0 amide bonds. The Kier molecular flexibility index (Phi) is 2.42. The summed E-state index contributed by atoms with van der Waals surface area (Å²) in [6.45, 7) is 1.66. The SMILES string of the molecule is C[C@](O)(CC#N)[N+](C)(C)C. The van der Waals surface area contributed by atoms with Crippen LogP contribution in [-0.2, 0) is 0 Å². The van der Waals surface area contributed by atoms with Crippen LogP contribution in [0.2, 0.25) is 0 Å². The van der Waals surface area contributed by atoms with Gasteiger partial charge >= 0.3 is 0 Å². The van der Waals surface area contributed by atoms with E-state index in [0.717, 1.165) is 0 Å². The van der Waals surface area contributed by atoms with Crippen LogP contribution in [-0.4, -0.2) is 36.5 Å². The second-order valence-corrected chi connectivity index (χ2v) is 3.56. The molecule has 1 atom stereocenters. The topological polar surface area (TPSA) is 44.0 Å². The molecule has 0 saturated carbocycles. The molecule has 0 spiro atoms. The number of hydrogen-bond donors (Lipinski definition) is 1. The van der Waals surface area contributed by atoms with E-state index in [2.05, 4.69) is 0 Å². The first-order valence-electron chi connectivity index (χ1n) is 3.22. The van der Waals surface area contributed by atoms with Crippen molar-refractivity contribution in [2.24, 2.45) is 0 Å². The van der Waals surface area contributed by atoms with Gasteiger partial charge in [0.1, 0.15) is 6.42 Å². The van der Waals surface area contributed by atoms with E-state index in [4.69, 9.17) is 5.26 Å². The van der Waals surface area contributed by atoms with Crippen molar-refractivity contribution in [2.75, 3.05) is 21.1 Å². The first-order chi connectivity index (χ1) is 4.31. The molecule has 3 nitrogen and oxygen atoms in total. The molecule has 0 bridgehead atoms. The van der Waals surface area contributed by atoms with Crippen LogP contribution < -0.4 is 0 Å². The molecule has 0 unspecified atom stereocenters. The molecule has 0 radical (unpaired) electrons. The van der Waals surface area contributed by atoms with Gasteiger partial charge in [-0.25, -0.2) is 0 Å². The van der Waals surface area contributed by atoms with Gasteiger partial charge in [0, 0.05) is 6.92 Å². The summed E-state index contributed by atoms with van der Waals surface area (Å²) >= 11 is 0. The van der Waals surface area contributed by atoms with Crippen LogP contribution in [0.5, 0.6) is 0 Å². The molecule has 0 aromatic heterocycles. The first-order valence-corrected chi connectivity index (χ1v) is 3.22. The summed E-state index contributed by atoms with van der Waals surface area (Å²) in [5, 5.41) is 17.9. The molecular formula is C7H15N2O+. The van der Waals surface area contributed by atoms with Gasteiger partial charge in [0.2, 0.25) is 5.72 Å². The Morgan fingerprint density at radius 1 is 1.50 bits per heavy atom. The number of aliphatic hydroxyl groups is 1. The van der Waals surface area contributed by atoms with E-state index in [1.165, 1.54) is 0 Å². The number of nitrogens with zero attached hydrogens (tertiary/aromatic N) is 2. The lowest BCUT2D eigenvalue weighted by Crippen LogP contribution is -2.54. The first kappa shape index (κ1) is 9.41. The maximum atomic E-state index is 9.60. The number of quaternary nitrogens is 1. The highest BCUT2D eigenvalue weighted by atomic mass is 16.3. The van der Waals surface area contributed by atoms with Gasteiger partial charge in [-0.05, 0) is 0 Å².